The first-order valence-electron chi connectivity index (χ1n) is 11.7. The Balaban J connectivity index is 2.15. The third-order valence-corrected chi connectivity index (χ3v) is 5.69. The van der Waals surface area contributed by atoms with E-state index in [0.717, 1.165) is 37.2 Å². The quantitative estimate of drug-likeness (QED) is 0.222. The van der Waals surface area contributed by atoms with E-state index in [1.165, 1.54) is 38.5 Å². The van der Waals surface area contributed by atoms with Gasteiger partial charge in [0, 0.05) is 12.3 Å². The van der Waals surface area contributed by atoms with E-state index in [1.54, 1.807) is 0 Å². The Morgan fingerprint density at radius 1 is 0.655 bits per heavy atom. The average molecular weight is 397 g/mol. The fraction of sp³-hybridized carbons (Fsp3) is 0.556. The van der Waals surface area contributed by atoms with Gasteiger partial charge in [-0.25, -0.2) is 0 Å². The second-order valence-corrected chi connectivity index (χ2v) is 8.20. The van der Waals surface area contributed by atoms with Gasteiger partial charge in [0.05, 0.1) is 0 Å². The molecule has 0 bridgehead atoms. The molecule has 0 aliphatic carbocycles. The van der Waals surface area contributed by atoms with Gasteiger partial charge >= 0.3 is 0 Å². The molecular formula is C27H40O2. The first-order valence-corrected chi connectivity index (χ1v) is 11.7. The minimum Gasteiger partial charge on any atom is -0.452 e. The highest BCUT2D eigenvalue weighted by Gasteiger charge is 2.40. The minimum absolute atomic E-state index is 0.306. The van der Waals surface area contributed by atoms with Crippen molar-refractivity contribution in [3.05, 3.63) is 60.7 Å². The summed E-state index contributed by atoms with van der Waals surface area (Å²) in [5.74, 6) is 1.44. The molecule has 0 amide bonds. The van der Waals surface area contributed by atoms with E-state index in [-0.39, 0.29) is 0 Å². The van der Waals surface area contributed by atoms with Crippen LogP contribution in [0.1, 0.15) is 85.0 Å². The lowest BCUT2D eigenvalue weighted by atomic mass is 9.89. The maximum atomic E-state index is 6.64. The first kappa shape index (κ1) is 23.3. The zero-order valence-electron chi connectivity index (χ0n) is 18.7. The zero-order chi connectivity index (χ0) is 20.8. The molecule has 29 heavy (non-hydrogen) atoms. The molecule has 0 radical (unpaired) electrons. The number of ether oxygens (including phenoxy) is 2. The molecule has 2 aromatic rings. The summed E-state index contributed by atoms with van der Waals surface area (Å²) in [6.45, 7) is 6.80. The molecule has 0 saturated carbocycles. The van der Waals surface area contributed by atoms with Gasteiger partial charge in [-0.3, -0.25) is 0 Å². The van der Waals surface area contributed by atoms with E-state index < -0.39 is 5.79 Å². The summed E-state index contributed by atoms with van der Waals surface area (Å²) in [5.41, 5.74) is 0. The second-order valence-electron chi connectivity index (χ2n) is 8.20. The van der Waals surface area contributed by atoms with Crippen molar-refractivity contribution in [2.75, 3.05) is 0 Å². The molecule has 0 heterocycles. The molecule has 0 aliphatic rings. The number of rotatable bonds is 15. The summed E-state index contributed by atoms with van der Waals surface area (Å²) in [6, 6.07) is 20.3. The SMILES string of the molecule is CCCCCCCCC(C)C(CCCC)(Oc1ccccc1)Oc1ccccc1. The second kappa shape index (κ2) is 13.3. The summed E-state index contributed by atoms with van der Waals surface area (Å²) < 4.78 is 13.3. The number of hydrogen-bond acceptors (Lipinski definition) is 2. The third-order valence-electron chi connectivity index (χ3n) is 5.69. The Labute approximate surface area is 178 Å². The lowest BCUT2D eigenvalue weighted by Crippen LogP contribution is -2.48. The molecule has 2 nitrogen and oxygen atoms in total. The van der Waals surface area contributed by atoms with E-state index in [0.29, 0.717) is 5.92 Å². The maximum Gasteiger partial charge on any atom is 0.253 e. The molecule has 0 saturated heterocycles. The van der Waals surface area contributed by atoms with Crippen molar-refractivity contribution in [1.82, 2.24) is 0 Å². The zero-order valence-corrected chi connectivity index (χ0v) is 18.7. The molecule has 1 unspecified atom stereocenters. The van der Waals surface area contributed by atoms with Gasteiger partial charge < -0.3 is 9.47 Å². The molecule has 160 valence electrons. The summed E-state index contributed by atoms with van der Waals surface area (Å²) in [7, 11) is 0. The van der Waals surface area contributed by atoms with Crippen LogP contribution in [0.15, 0.2) is 60.7 Å². The van der Waals surface area contributed by atoms with Gasteiger partial charge in [-0.05, 0) is 37.1 Å². The highest BCUT2D eigenvalue weighted by Crippen LogP contribution is 2.36. The number of benzene rings is 2. The van der Waals surface area contributed by atoms with Crippen LogP contribution in [0.25, 0.3) is 0 Å². The number of para-hydroxylation sites is 2. The molecular weight excluding hydrogens is 356 g/mol. The van der Waals surface area contributed by atoms with Crippen molar-refractivity contribution in [3.63, 3.8) is 0 Å². The average Bonchev–Trinajstić information content (AvgIpc) is 2.75. The van der Waals surface area contributed by atoms with Crippen molar-refractivity contribution in [3.8, 4) is 11.5 Å². The molecule has 2 heteroatoms. The van der Waals surface area contributed by atoms with Crippen LogP contribution in [-0.4, -0.2) is 5.79 Å². The van der Waals surface area contributed by atoms with Crippen LogP contribution < -0.4 is 9.47 Å². The van der Waals surface area contributed by atoms with Crippen molar-refractivity contribution >= 4 is 0 Å². The van der Waals surface area contributed by atoms with Crippen LogP contribution in [0, 0.1) is 5.92 Å². The predicted octanol–water partition coefficient (Wildman–Crippen LogP) is 8.42. The van der Waals surface area contributed by atoms with Gasteiger partial charge in [-0.2, -0.15) is 0 Å². The van der Waals surface area contributed by atoms with Crippen molar-refractivity contribution < 1.29 is 9.47 Å². The number of unbranched alkanes of at least 4 members (excludes halogenated alkanes) is 6. The van der Waals surface area contributed by atoms with Gasteiger partial charge in [-0.15, -0.1) is 0 Å². The Morgan fingerprint density at radius 3 is 1.66 bits per heavy atom. The normalized spacial score (nSPS) is 12.5. The molecule has 2 rings (SSSR count). The molecule has 0 fully saturated rings. The van der Waals surface area contributed by atoms with Crippen LogP contribution in [0.5, 0.6) is 11.5 Å². The number of hydrogen-bond donors (Lipinski definition) is 0. The highest BCUT2D eigenvalue weighted by atomic mass is 16.7. The van der Waals surface area contributed by atoms with Crippen LogP contribution in [0.2, 0.25) is 0 Å². The smallest absolute Gasteiger partial charge is 0.253 e. The Kier molecular flexibility index (Phi) is 10.7. The molecule has 0 aliphatic heterocycles. The largest absolute Gasteiger partial charge is 0.452 e. The molecule has 0 aromatic heterocycles. The van der Waals surface area contributed by atoms with Gasteiger partial charge in [0.15, 0.2) is 0 Å². The summed E-state index contributed by atoms with van der Waals surface area (Å²) >= 11 is 0. The van der Waals surface area contributed by atoms with E-state index in [4.69, 9.17) is 9.47 Å². The van der Waals surface area contributed by atoms with Crippen molar-refractivity contribution in [2.24, 2.45) is 5.92 Å². The van der Waals surface area contributed by atoms with Gasteiger partial charge in [-0.1, -0.05) is 102 Å². The lowest BCUT2D eigenvalue weighted by molar-refractivity contribution is -0.160. The summed E-state index contributed by atoms with van der Waals surface area (Å²) in [4.78, 5) is 0. The lowest BCUT2D eigenvalue weighted by Gasteiger charge is -2.39. The highest BCUT2D eigenvalue weighted by molar-refractivity contribution is 5.24. The monoisotopic (exact) mass is 396 g/mol. The Hall–Kier alpha value is -1.96. The van der Waals surface area contributed by atoms with Crippen LogP contribution in [-0.2, 0) is 0 Å². The Bertz CT molecular complexity index is 597. The third kappa shape index (κ3) is 8.12. The van der Waals surface area contributed by atoms with Gasteiger partial charge in [0.2, 0.25) is 0 Å². The van der Waals surface area contributed by atoms with Crippen LogP contribution in [0.3, 0.4) is 0 Å². The topological polar surface area (TPSA) is 18.5 Å². The molecule has 0 spiro atoms. The van der Waals surface area contributed by atoms with Gasteiger partial charge in [0.25, 0.3) is 5.79 Å². The maximum absolute atomic E-state index is 6.64. The van der Waals surface area contributed by atoms with Crippen molar-refractivity contribution in [1.29, 1.82) is 0 Å². The van der Waals surface area contributed by atoms with E-state index in [1.807, 2.05) is 60.7 Å². The summed E-state index contributed by atoms with van der Waals surface area (Å²) in [6.07, 6.45) is 12.1. The van der Waals surface area contributed by atoms with Crippen LogP contribution in [0.4, 0.5) is 0 Å². The molecule has 2 aromatic carbocycles. The predicted molar refractivity (Wildman–Crippen MR) is 124 cm³/mol. The van der Waals surface area contributed by atoms with Crippen molar-refractivity contribution in [2.45, 2.75) is 90.8 Å². The Morgan fingerprint density at radius 2 is 1.14 bits per heavy atom. The fourth-order valence-electron chi connectivity index (χ4n) is 3.82. The molecule has 1 atom stereocenters. The van der Waals surface area contributed by atoms with Gasteiger partial charge in [0.1, 0.15) is 11.5 Å². The standard InChI is InChI=1S/C27H40O2/c1-4-6-8-9-10-13-18-24(3)27(23-7-5-2,28-25-19-14-11-15-20-25)29-26-21-16-12-17-22-26/h11-12,14-17,19-22,24H,4-10,13,18,23H2,1-3H3. The van der Waals surface area contributed by atoms with E-state index >= 15 is 0 Å². The van der Waals surface area contributed by atoms with E-state index in [2.05, 4.69) is 20.8 Å². The minimum atomic E-state index is -0.637. The van der Waals surface area contributed by atoms with E-state index in [9.17, 15) is 0 Å². The summed E-state index contributed by atoms with van der Waals surface area (Å²) in [5, 5.41) is 0. The molecule has 0 N–H and O–H groups in total. The fourth-order valence-corrected chi connectivity index (χ4v) is 3.82. The first-order chi connectivity index (χ1) is 14.2. The van der Waals surface area contributed by atoms with Crippen LogP contribution >= 0.6 is 0 Å².